The minimum absolute atomic E-state index is 0.507. The number of aliphatic carboxylic acids is 1. The summed E-state index contributed by atoms with van der Waals surface area (Å²) in [5.41, 5.74) is 1.30. The summed E-state index contributed by atoms with van der Waals surface area (Å²) in [7, 11) is 0. The maximum absolute atomic E-state index is 11.3. The van der Waals surface area contributed by atoms with Gasteiger partial charge in [0, 0.05) is 22.9 Å². The number of halogens is 1. The Kier molecular flexibility index (Phi) is 4.08. The Bertz CT molecular complexity index is 455. The van der Waals surface area contributed by atoms with Crippen molar-refractivity contribution in [1.29, 1.82) is 0 Å². The van der Waals surface area contributed by atoms with E-state index in [0.29, 0.717) is 10.7 Å². The maximum atomic E-state index is 11.3. The Morgan fingerprint density at radius 2 is 2.06 bits per heavy atom. The third-order valence-electron chi connectivity index (χ3n) is 1.90. The zero-order valence-corrected chi connectivity index (χ0v) is 9.28. The molecule has 0 aliphatic carbocycles. The maximum Gasteiger partial charge on any atom is 0.328 e. The minimum atomic E-state index is -1.17. The van der Waals surface area contributed by atoms with Crippen LogP contribution >= 0.6 is 11.6 Å². The van der Waals surface area contributed by atoms with Gasteiger partial charge in [0.25, 0.3) is 0 Å². The summed E-state index contributed by atoms with van der Waals surface area (Å²) in [6.07, 6.45) is 1.72. The molecule has 2 N–H and O–H groups in total. The fourth-order valence-electron chi connectivity index (χ4n) is 1.06. The summed E-state index contributed by atoms with van der Waals surface area (Å²) in [6, 6.07) is 5.10. The van der Waals surface area contributed by atoms with Gasteiger partial charge in [-0.1, -0.05) is 17.7 Å². The van der Waals surface area contributed by atoms with Crippen molar-refractivity contribution in [2.75, 3.05) is 5.32 Å². The van der Waals surface area contributed by atoms with Crippen LogP contribution < -0.4 is 5.32 Å². The van der Waals surface area contributed by atoms with Crippen LogP contribution in [-0.4, -0.2) is 17.0 Å². The third kappa shape index (κ3) is 3.40. The van der Waals surface area contributed by atoms with Crippen LogP contribution in [0.3, 0.4) is 0 Å². The number of carboxylic acid groups (broad SMARTS) is 1. The predicted octanol–water partition coefficient (Wildman–Crippen LogP) is 2.23. The zero-order chi connectivity index (χ0) is 12.1. The van der Waals surface area contributed by atoms with E-state index in [1.807, 2.05) is 0 Å². The van der Waals surface area contributed by atoms with Crippen molar-refractivity contribution in [3.05, 3.63) is 40.9 Å². The lowest BCUT2D eigenvalue weighted by Crippen LogP contribution is -2.09. The number of carbonyl (C=O) groups is 2. The van der Waals surface area contributed by atoms with Gasteiger partial charge in [-0.15, -0.1) is 0 Å². The topological polar surface area (TPSA) is 66.4 Å². The Balaban J connectivity index is 2.78. The number of rotatable bonds is 3. The van der Waals surface area contributed by atoms with Crippen LogP contribution in [0.25, 0.3) is 0 Å². The Hall–Kier alpha value is -1.81. The van der Waals surface area contributed by atoms with E-state index in [2.05, 4.69) is 5.32 Å². The highest BCUT2D eigenvalue weighted by molar-refractivity contribution is 6.31. The summed E-state index contributed by atoms with van der Waals surface area (Å²) in [6.45, 7) is 1.76. The van der Waals surface area contributed by atoms with Crippen molar-refractivity contribution >= 4 is 29.2 Å². The highest BCUT2D eigenvalue weighted by atomic mass is 35.5. The lowest BCUT2D eigenvalue weighted by molar-refractivity contribution is -0.131. The van der Waals surface area contributed by atoms with E-state index in [4.69, 9.17) is 16.7 Å². The summed E-state index contributed by atoms with van der Waals surface area (Å²) in [5.74, 6) is -1.68. The standard InChI is InChI=1S/C11H10ClNO3/c1-7-8(12)3-2-4-9(7)13-10(14)5-6-11(15)16/h2-6H,1H3,(H,13,14)(H,15,16)/b6-5+. The second-order valence-electron chi connectivity index (χ2n) is 3.07. The number of carbonyl (C=O) groups excluding carboxylic acids is 1. The number of amides is 1. The molecule has 0 heterocycles. The molecule has 0 spiro atoms. The first-order valence-electron chi connectivity index (χ1n) is 4.48. The number of anilines is 1. The lowest BCUT2D eigenvalue weighted by Gasteiger charge is -2.07. The first-order chi connectivity index (χ1) is 7.50. The second kappa shape index (κ2) is 5.32. The monoisotopic (exact) mass is 239 g/mol. The van der Waals surface area contributed by atoms with E-state index in [1.54, 1.807) is 25.1 Å². The van der Waals surface area contributed by atoms with E-state index in [0.717, 1.165) is 17.7 Å². The number of hydrogen-bond acceptors (Lipinski definition) is 2. The SMILES string of the molecule is Cc1c(Cl)cccc1NC(=O)/C=C/C(=O)O. The van der Waals surface area contributed by atoms with Crippen molar-refractivity contribution in [3.63, 3.8) is 0 Å². The van der Waals surface area contributed by atoms with Gasteiger partial charge in [-0.2, -0.15) is 0 Å². The van der Waals surface area contributed by atoms with Crippen molar-refractivity contribution in [3.8, 4) is 0 Å². The largest absolute Gasteiger partial charge is 0.478 e. The molecular formula is C11H10ClNO3. The molecule has 1 aromatic carbocycles. The molecule has 0 aliphatic rings. The Labute approximate surface area is 97.5 Å². The molecular weight excluding hydrogens is 230 g/mol. The van der Waals surface area contributed by atoms with Crippen molar-refractivity contribution in [2.45, 2.75) is 6.92 Å². The molecule has 0 aromatic heterocycles. The molecule has 0 atom stereocenters. The average Bonchev–Trinajstić information content (AvgIpc) is 2.22. The summed E-state index contributed by atoms with van der Waals surface area (Å²) < 4.78 is 0. The van der Waals surface area contributed by atoms with Gasteiger partial charge in [-0.3, -0.25) is 4.79 Å². The van der Waals surface area contributed by atoms with Gasteiger partial charge in [0.15, 0.2) is 0 Å². The van der Waals surface area contributed by atoms with Crippen molar-refractivity contribution in [1.82, 2.24) is 0 Å². The van der Waals surface area contributed by atoms with E-state index in [-0.39, 0.29) is 0 Å². The van der Waals surface area contributed by atoms with Gasteiger partial charge in [0.2, 0.25) is 5.91 Å². The smallest absolute Gasteiger partial charge is 0.328 e. The molecule has 4 nitrogen and oxygen atoms in total. The average molecular weight is 240 g/mol. The lowest BCUT2D eigenvalue weighted by atomic mass is 10.2. The fourth-order valence-corrected chi connectivity index (χ4v) is 1.24. The van der Waals surface area contributed by atoms with Crippen LogP contribution in [0.2, 0.25) is 5.02 Å². The first kappa shape index (κ1) is 12.3. The highest BCUT2D eigenvalue weighted by Crippen LogP contribution is 2.22. The molecule has 0 aliphatic heterocycles. The Morgan fingerprint density at radius 1 is 1.38 bits per heavy atom. The molecule has 1 aromatic rings. The van der Waals surface area contributed by atoms with Crippen LogP contribution in [0.4, 0.5) is 5.69 Å². The summed E-state index contributed by atoms with van der Waals surface area (Å²) in [4.78, 5) is 21.5. The van der Waals surface area contributed by atoms with Crippen LogP contribution in [0.15, 0.2) is 30.4 Å². The molecule has 0 saturated carbocycles. The van der Waals surface area contributed by atoms with Crippen LogP contribution in [0.1, 0.15) is 5.56 Å². The molecule has 84 valence electrons. The van der Waals surface area contributed by atoms with Gasteiger partial charge in [0.1, 0.15) is 0 Å². The second-order valence-corrected chi connectivity index (χ2v) is 3.48. The quantitative estimate of drug-likeness (QED) is 0.795. The fraction of sp³-hybridized carbons (Fsp3) is 0.0909. The van der Waals surface area contributed by atoms with Gasteiger partial charge in [-0.05, 0) is 24.6 Å². The molecule has 16 heavy (non-hydrogen) atoms. The molecule has 0 unspecified atom stereocenters. The molecule has 1 rings (SSSR count). The van der Waals surface area contributed by atoms with Gasteiger partial charge < -0.3 is 10.4 Å². The third-order valence-corrected chi connectivity index (χ3v) is 2.31. The molecule has 0 bridgehead atoms. The van der Waals surface area contributed by atoms with Crippen molar-refractivity contribution < 1.29 is 14.7 Å². The highest BCUT2D eigenvalue weighted by Gasteiger charge is 2.04. The van der Waals surface area contributed by atoms with E-state index in [9.17, 15) is 9.59 Å². The molecule has 0 fully saturated rings. The van der Waals surface area contributed by atoms with Crippen molar-refractivity contribution in [2.24, 2.45) is 0 Å². The molecule has 5 heteroatoms. The molecule has 0 radical (unpaired) electrons. The van der Waals surface area contributed by atoms with Gasteiger partial charge >= 0.3 is 5.97 Å². The van der Waals surface area contributed by atoms with E-state index in [1.165, 1.54) is 0 Å². The molecule has 1 amide bonds. The number of nitrogens with one attached hydrogen (secondary N) is 1. The van der Waals surface area contributed by atoms with E-state index < -0.39 is 11.9 Å². The van der Waals surface area contributed by atoms with E-state index >= 15 is 0 Å². The van der Waals surface area contributed by atoms with Crippen LogP contribution in [0.5, 0.6) is 0 Å². The predicted molar refractivity (Wildman–Crippen MR) is 61.6 cm³/mol. The summed E-state index contributed by atoms with van der Waals surface area (Å²) >= 11 is 5.86. The first-order valence-corrected chi connectivity index (χ1v) is 4.85. The van der Waals surface area contributed by atoms with Crippen LogP contribution in [-0.2, 0) is 9.59 Å². The number of hydrogen-bond donors (Lipinski definition) is 2. The molecule has 0 saturated heterocycles. The Morgan fingerprint density at radius 3 is 2.69 bits per heavy atom. The van der Waals surface area contributed by atoms with Gasteiger partial charge in [0.05, 0.1) is 0 Å². The normalized spacial score (nSPS) is 10.4. The minimum Gasteiger partial charge on any atom is -0.478 e. The summed E-state index contributed by atoms with van der Waals surface area (Å²) in [5, 5.41) is 11.4. The van der Waals surface area contributed by atoms with Crippen LogP contribution in [0, 0.1) is 6.92 Å². The van der Waals surface area contributed by atoms with Gasteiger partial charge in [-0.25, -0.2) is 4.79 Å². The number of benzene rings is 1. The number of carboxylic acids is 1. The zero-order valence-electron chi connectivity index (χ0n) is 8.53.